The van der Waals surface area contributed by atoms with Gasteiger partial charge < -0.3 is 14.8 Å². The third-order valence-electron chi connectivity index (χ3n) is 4.56. The number of hydrogen-bond donors (Lipinski definition) is 1. The summed E-state index contributed by atoms with van der Waals surface area (Å²) in [6, 6.07) is 1.63. The molecular formula is C15H30N2O2. The second-order valence-corrected chi connectivity index (χ2v) is 6.01. The SMILES string of the molecule is CCNC1CCC2(CC1N(CC)C(C)C)OCCO2. The molecule has 2 rings (SSSR count). The highest BCUT2D eigenvalue weighted by molar-refractivity contribution is 4.97. The summed E-state index contributed by atoms with van der Waals surface area (Å²) in [5, 5.41) is 3.66. The number of nitrogens with zero attached hydrogens (tertiary/aromatic N) is 1. The van der Waals surface area contributed by atoms with Crippen molar-refractivity contribution in [3.8, 4) is 0 Å². The summed E-state index contributed by atoms with van der Waals surface area (Å²) in [6.07, 6.45) is 3.16. The second kappa shape index (κ2) is 6.53. The van der Waals surface area contributed by atoms with Crippen LogP contribution in [0.2, 0.25) is 0 Å². The highest BCUT2D eigenvalue weighted by atomic mass is 16.7. The van der Waals surface area contributed by atoms with Gasteiger partial charge in [0, 0.05) is 31.0 Å². The van der Waals surface area contributed by atoms with Crippen LogP contribution in [-0.2, 0) is 9.47 Å². The maximum absolute atomic E-state index is 5.94. The molecule has 2 unspecified atom stereocenters. The van der Waals surface area contributed by atoms with Gasteiger partial charge in [-0.15, -0.1) is 0 Å². The average molecular weight is 270 g/mol. The maximum Gasteiger partial charge on any atom is 0.170 e. The summed E-state index contributed by atoms with van der Waals surface area (Å²) in [4.78, 5) is 2.58. The molecule has 2 fully saturated rings. The molecule has 2 atom stereocenters. The highest BCUT2D eigenvalue weighted by Gasteiger charge is 2.46. The number of likely N-dealkylation sites (N-methyl/N-ethyl adjacent to an activating group) is 2. The van der Waals surface area contributed by atoms with Gasteiger partial charge in [0.15, 0.2) is 5.79 Å². The van der Waals surface area contributed by atoms with E-state index in [1.807, 2.05) is 0 Å². The van der Waals surface area contributed by atoms with E-state index >= 15 is 0 Å². The van der Waals surface area contributed by atoms with Crippen molar-refractivity contribution in [3.05, 3.63) is 0 Å². The molecule has 1 saturated heterocycles. The first kappa shape index (κ1) is 15.2. The minimum Gasteiger partial charge on any atom is -0.347 e. The fraction of sp³-hybridized carbons (Fsp3) is 1.00. The zero-order chi connectivity index (χ0) is 13.9. The summed E-state index contributed by atoms with van der Waals surface area (Å²) in [6.45, 7) is 12.6. The van der Waals surface area contributed by atoms with Crippen molar-refractivity contribution >= 4 is 0 Å². The predicted octanol–water partition coefficient (Wildman–Crippen LogP) is 1.99. The van der Waals surface area contributed by atoms with Gasteiger partial charge in [0.05, 0.1) is 13.2 Å². The molecule has 2 aliphatic rings. The number of hydrogen-bond acceptors (Lipinski definition) is 4. The largest absolute Gasteiger partial charge is 0.347 e. The van der Waals surface area contributed by atoms with Crippen LogP contribution < -0.4 is 5.32 Å². The van der Waals surface area contributed by atoms with Crippen molar-refractivity contribution in [2.45, 2.75) is 70.9 Å². The Hall–Kier alpha value is -0.160. The van der Waals surface area contributed by atoms with Crippen LogP contribution in [-0.4, -0.2) is 55.1 Å². The molecule has 0 radical (unpaired) electrons. The normalized spacial score (nSPS) is 30.6. The van der Waals surface area contributed by atoms with Crippen molar-refractivity contribution < 1.29 is 9.47 Å². The summed E-state index contributed by atoms with van der Waals surface area (Å²) >= 11 is 0. The molecule has 112 valence electrons. The van der Waals surface area contributed by atoms with E-state index in [1.54, 1.807) is 0 Å². The van der Waals surface area contributed by atoms with Gasteiger partial charge in [0.25, 0.3) is 0 Å². The summed E-state index contributed by atoms with van der Waals surface area (Å²) < 4.78 is 11.9. The number of rotatable bonds is 5. The third-order valence-corrected chi connectivity index (χ3v) is 4.56. The molecule has 0 aromatic carbocycles. The van der Waals surface area contributed by atoms with E-state index in [2.05, 4.69) is 37.9 Å². The molecule has 0 aromatic heterocycles. The minimum absolute atomic E-state index is 0.293. The molecule has 0 amide bonds. The van der Waals surface area contributed by atoms with E-state index in [0.29, 0.717) is 18.1 Å². The lowest BCUT2D eigenvalue weighted by atomic mass is 9.84. The van der Waals surface area contributed by atoms with Crippen LogP contribution in [0, 0.1) is 0 Å². The Morgan fingerprint density at radius 3 is 2.47 bits per heavy atom. The van der Waals surface area contributed by atoms with Crippen LogP contribution in [0.1, 0.15) is 47.0 Å². The smallest absolute Gasteiger partial charge is 0.170 e. The van der Waals surface area contributed by atoms with E-state index in [9.17, 15) is 0 Å². The standard InChI is InChI=1S/C15H30N2O2/c1-5-16-13-7-8-15(18-9-10-19-15)11-14(13)17(6-2)12(3)4/h12-14,16H,5-11H2,1-4H3. The van der Waals surface area contributed by atoms with Gasteiger partial charge in [-0.25, -0.2) is 0 Å². The Morgan fingerprint density at radius 2 is 1.95 bits per heavy atom. The molecule has 0 bridgehead atoms. The number of ether oxygens (including phenoxy) is 2. The zero-order valence-corrected chi connectivity index (χ0v) is 12.9. The Balaban J connectivity index is 2.11. The van der Waals surface area contributed by atoms with E-state index in [1.165, 1.54) is 0 Å². The summed E-state index contributed by atoms with van der Waals surface area (Å²) in [7, 11) is 0. The van der Waals surface area contributed by atoms with Crippen molar-refractivity contribution in [2.24, 2.45) is 0 Å². The first-order chi connectivity index (χ1) is 9.12. The van der Waals surface area contributed by atoms with Gasteiger partial charge in [-0.05, 0) is 33.4 Å². The monoisotopic (exact) mass is 270 g/mol. The molecule has 4 heteroatoms. The highest BCUT2D eigenvalue weighted by Crippen LogP contribution is 2.38. The molecule has 1 N–H and O–H groups in total. The first-order valence-electron chi connectivity index (χ1n) is 7.89. The molecule has 1 spiro atoms. The average Bonchev–Trinajstić information content (AvgIpc) is 2.82. The third kappa shape index (κ3) is 3.30. The predicted molar refractivity (Wildman–Crippen MR) is 77.3 cm³/mol. The van der Waals surface area contributed by atoms with Gasteiger partial charge in [-0.1, -0.05) is 13.8 Å². The van der Waals surface area contributed by atoms with Gasteiger partial charge in [-0.3, -0.25) is 4.90 Å². The topological polar surface area (TPSA) is 33.7 Å². The van der Waals surface area contributed by atoms with E-state index in [-0.39, 0.29) is 5.79 Å². The van der Waals surface area contributed by atoms with Crippen LogP contribution in [0.25, 0.3) is 0 Å². The van der Waals surface area contributed by atoms with Gasteiger partial charge in [0.1, 0.15) is 0 Å². The van der Waals surface area contributed by atoms with Crippen molar-refractivity contribution in [3.63, 3.8) is 0 Å². The van der Waals surface area contributed by atoms with Gasteiger partial charge >= 0.3 is 0 Å². The second-order valence-electron chi connectivity index (χ2n) is 6.01. The maximum atomic E-state index is 5.94. The lowest BCUT2D eigenvalue weighted by molar-refractivity contribution is -0.194. The summed E-state index contributed by atoms with van der Waals surface area (Å²) in [5.74, 6) is -0.293. The Morgan fingerprint density at radius 1 is 1.26 bits per heavy atom. The van der Waals surface area contributed by atoms with Crippen molar-refractivity contribution in [2.75, 3.05) is 26.3 Å². The molecule has 4 nitrogen and oxygen atoms in total. The lowest BCUT2D eigenvalue weighted by Gasteiger charge is -2.47. The van der Waals surface area contributed by atoms with Crippen LogP contribution in [0.3, 0.4) is 0 Å². The lowest BCUT2D eigenvalue weighted by Crippen LogP contribution is -2.59. The van der Waals surface area contributed by atoms with Crippen LogP contribution in [0.5, 0.6) is 0 Å². The van der Waals surface area contributed by atoms with Gasteiger partial charge in [0.2, 0.25) is 0 Å². The number of nitrogens with one attached hydrogen (secondary N) is 1. The molecule has 1 aliphatic carbocycles. The van der Waals surface area contributed by atoms with Crippen molar-refractivity contribution in [1.82, 2.24) is 10.2 Å². The Labute approximate surface area is 117 Å². The Kier molecular flexibility index (Phi) is 5.23. The fourth-order valence-electron chi connectivity index (χ4n) is 3.72. The molecule has 1 aliphatic heterocycles. The van der Waals surface area contributed by atoms with E-state index < -0.39 is 0 Å². The van der Waals surface area contributed by atoms with Crippen LogP contribution in [0.15, 0.2) is 0 Å². The van der Waals surface area contributed by atoms with Gasteiger partial charge in [-0.2, -0.15) is 0 Å². The van der Waals surface area contributed by atoms with E-state index in [0.717, 1.165) is 45.6 Å². The quantitative estimate of drug-likeness (QED) is 0.828. The molecule has 0 aromatic rings. The fourth-order valence-corrected chi connectivity index (χ4v) is 3.72. The van der Waals surface area contributed by atoms with Crippen molar-refractivity contribution in [1.29, 1.82) is 0 Å². The minimum atomic E-state index is -0.293. The Bertz CT molecular complexity index is 277. The van der Waals surface area contributed by atoms with Crippen LogP contribution >= 0.6 is 0 Å². The molecule has 1 saturated carbocycles. The van der Waals surface area contributed by atoms with Crippen LogP contribution in [0.4, 0.5) is 0 Å². The molecular weight excluding hydrogens is 240 g/mol. The zero-order valence-electron chi connectivity index (χ0n) is 12.9. The molecule has 19 heavy (non-hydrogen) atoms. The molecule has 1 heterocycles. The van der Waals surface area contributed by atoms with E-state index in [4.69, 9.17) is 9.47 Å². The summed E-state index contributed by atoms with van der Waals surface area (Å²) in [5.41, 5.74) is 0. The first-order valence-corrected chi connectivity index (χ1v) is 7.89.